The van der Waals surface area contributed by atoms with E-state index in [1.807, 2.05) is 25.3 Å². The van der Waals surface area contributed by atoms with Gasteiger partial charge >= 0.3 is 0 Å². The second-order valence-corrected chi connectivity index (χ2v) is 12.8. The summed E-state index contributed by atoms with van der Waals surface area (Å²) in [6.45, 7) is 10.2. The smallest absolute Gasteiger partial charge is 0.221 e. The van der Waals surface area contributed by atoms with Gasteiger partial charge in [0, 0.05) is 37.0 Å². The van der Waals surface area contributed by atoms with Crippen molar-refractivity contribution in [2.45, 2.75) is 90.9 Å². The van der Waals surface area contributed by atoms with Gasteiger partial charge < -0.3 is 24.8 Å². The molecule has 0 radical (unpaired) electrons. The standard InChI is InChI=1S/C40H46F3N3O3/c1-5-11-30-25-45-39(49-40-34(42)16-10-17-35(40)43)23-36(30)46-27(4)37(6-2)48-38-21-28(24-44-38)20-32(22-29-13-7-8-15-33(29)41)47-31-14-9-12-26(3)18-19-31/h6-8,10,13,15-17,20,23-26,31,38,44H,2,5,9,11-12,14,18-19,21-22H2,1,3-4H3,(H,45,46)/b32-20+,37-27-. The van der Waals surface area contributed by atoms with Crippen molar-refractivity contribution in [2.24, 2.45) is 5.92 Å². The summed E-state index contributed by atoms with van der Waals surface area (Å²) in [6, 6.07) is 12.0. The number of benzene rings is 2. The average molecular weight is 674 g/mol. The number of nitrogens with one attached hydrogen (secondary N) is 2. The first-order chi connectivity index (χ1) is 23.7. The molecule has 1 aliphatic heterocycles. The van der Waals surface area contributed by atoms with E-state index in [-0.39, 0.29) is 24.0 Å². The zero-order valence-electron chi connectivity index (χ0n) is 28.5. The van der Waals surface area contributed by atoms with Crippen LogP contribution in [-0.4, -0.2) is 17.3 Å². The minimum atomic E-state index is -0.816. The average Bonchev–Trinajstić information content (AvgIpc) is 3.42. The lowest BCUT2D eigenvalue weighted by atomic mass is 10.0. The van der Waals surface area contributed by atoms with Crippen LogP contribution in [-0.2, 0) is 22.3 Å². The third kappa shape index (κ3) is 9.94. The van der Waals surface area contributed by atoms with Crippen molar-refractivity contribution in [3.05, 3.63) is 131 Å². The van der Waals surface area contributed by atoms with Gasteiger partial charge in [0.15, 0.2) is 17.9 Å². The van der Waals surface area contributed by atoms with Gasteiger partial charge in [-0.1, -0.05) is 57.5 Å². The van der Waals surface area contributed by atoms with Gasteiger partial charge in [-0.05, 0) is 92.0 Å². The number of pyridine rings is 1. The van der Waals surface area contributed by atoms with E-state index in [0.717, 1.165) is 67.6 Å². The summed E-state index contributed by atoms with van der Waals surface area (Å²) < 4.78 is 61.6. The van der Waals surface area contributed by atoms with Gasteiger partial charge in [-0.15, -0.1) is 0 Å². The predicted molar refractivity (Wildman–Crippen MR) is 187 cm³/mol. The van der Waals surface area contributed by atoms with Gasteiger partial charge in [0.05, 0.1) is 11.8 Å². The topological polar surface area (TPSA) is 64.6 Å². The number of aryl methyl sites for hydroxylation is 1. The SMILES string of the molecule is C=C/C(OC1CC(/C=C(\Cc2ccccc2F)OC2CCCC(C)CC2)=CN1)=C(\C)Nc1cc(Oc2c(F)cccc2F)ncc1CCC. The molecule has 2 heterocycles. The van der Waals surface area contributed by atoms with Crippen LogP contribution in [0.25, 0.3) is 0 Å². The number of para-hydroxylation sites is 1. The van der Waals surface area contributed by atoms with E-state index in [2.05, 4.69) is 36.0 Å². The molecule has 1 aliphatic carbocycles. The van der Waals surface area contributed by atoms with Gasteiger partial charge in [0.25, 0.3) is 0 Å². The van der Waals surface area contributed by atoms with Crippen LogP contribution in [0.15, 0.2) is 102 Å². The number of halogens is 3. The molecule has 0 amide bonds. The molecule has 2 aliphatic rings. The Morgan fingerprint density at radius 3 is 2.53 bits per heavy atom. The van der Waals surface area contributed by atoms with Crippen molar-refractivity contribution in [3.63, 3.8) is 0 Å². The molecule has 3 unspecified atom stereocenters. The highest BCUT2D eigenvalue weighted by Crippen LogP contribution is 2.32. The second kappa shape index (κ2) is 17.1. The van der Waals surface area contributed by atoms with E-state index < -0.39 is 17.4 Å². The first-order valence-corrected chi connectivity index (χ1v) is 17.2. The van der Waals surface area contributed by atoms with E-state index in [1.165, 1.54) is 18.6 Å². The summed E-state index contributed by atoms with van der Waals surface area (Å²) in [4.78, 5) is 4.28. The summed E-state index contributed by atoms with van der Waals surface area (Å²) >= 11 is 0. The van der Waals surface area contributed by atoms with E-state index in [1.54, 1.807) is 30.5 Å². The lowest BCUT2D eigenvalue weighted by molar-refractivity contribution is 0.0970. The third-order valence-electron chi connectivity index (χ3n) is 8.82. The molecule has 1 aromatic heterocycles. The summed E-state index contributed by atoms with van der Waals surface area (Å²) in [5.74, 6) is -0.392. The summed E-state index contributed by atoms with van der Waals surface area (Å²) in [5, 5.41) is 6.67. The molecule has 49 heavy (non-hydrogen) atoms. The van der Waals surface area contributed by atoms with Crippen molar-refractivity contribution in [1.82, 2.24) is 10.3 Å². The van der Waals surface area contributed by atoms with Gasteiger partial charge in [0.1, 0.15) is 17.3 Å². The Morgan fingerprint density at radius 1 is 1.00 bits per heavy atom. The molecular weight excluding hydrogens is 627 g/mol. The van der Waals surface area contributed by atoms with Crippen LogP contribution in [0.2, 0.25) is 0 Å². The lowest BCUT2D eigenvalue weighted by Gasteiger charge is -2.21. The monoisotopic (exact) mass is 673 g/mol. The van der Waals surface area contributed by atoms with Gasteiger partial charge in [-0.25, -0.2) is 18.2 Å². The molecule has 3 aromatic rings. The largest absolute Gasteiger partial charge is 0.494 e. The minimum Gasteiger partial charge on any atom is -0.494 e. The van der Waals surface area contributed by atoms with Gasteiger partial charge in [-0.3, -0.25) is 0 Å². The highest BCUT2D eigenvalue weighted by atomic mass is 19.1. The van der Waals surface area contributed by atoms with Gasteiger partial charge in [-0.2, -0.15) is 0 Å². The molecule has 6 nitrogen and oxygen atoms in total. The van der Waals surface area contributed by atoms with Crippen LogP contribution < -0.4 is 15.4 Å². The molecule has 0 spiro atoms. The van der Waals surface area contributed by atoms with Crippen LogP contribution in [0.5, 0.6) is 11.6 Å². The molecule has 1 fully saturated rings. The summed E-state index contributed by atoms with van der Waals surface area (Å²) in [5.41, 5.74) is 3.84. The predicted octanol–water partition coefficient (Wildman–Crippen LogP) is 10.4. The highest BCUT2D eigenvalue weighted by molar-refractivity contribution is 5.57. The van der Waals surface area contributed by atoms with E-state index in [9.17, 15) is 13.2 Å². The zero-order chi connectivity index (χ0) is 34.8. The normalized spacial score (nSPS) is 20.0. The fraction of sp³-hybridized carbons (Fsp3) is 0.375. The van der Waals surface area contributed by atoms with E-state index in [0.29, 0.717) is 41.5 Å². The second-order valence-electron chi connectivity index (χ2n) is 12.8. The summed E-state index contributed by atoms with van der Waals surface area (Å²) in [6.07, 6.45) is 14.9. The van der Waals surface area contributed by atoms with Crippen LogP contribution in [0.1, 0.15) is 76.8 Å². The third-order valence-corrected chi connectivity index (χ3v) is 8.82. The summed E-state index contributed by atoms with van der Waals surface area (Å²) in [7, 11) is 0. The van der Waals surface area contributed by atoms with Crippen LogP contribution in [0.3, 0.4) is 0 Å². The number of anilines is 1. The number of rotatable bonds is 14. The molecule has 9 heteroatoms. The Labute approximate surface area is 287 Å². The molecule has 260 valence electrons. The Balaban J connectivity index is 1.29. The van der Waals surface area contributed by atoms with Crippen molar-refractivity contribution >= 4 is 5.69 Å². The molecule has 2 aromatic carbocycles. The first-order valence-electron chi connectivity index (χ1n) is 17.2. The van der Waals surface area contributed by atoms with Crippen LogP contribution in [0.4, 0.5) is 18.9 Å². The quantitative estimate of drug-likeness (QED) is 0.101. The number of hydrogen-bond acceptors (Lipinski definition) is 6. The van der Waals surface area contributed by atoms with Crippen molar-refractivity contribution in [3.8, 4) is 11.6 Å². The number of nitrogens with zero attached hydrogens (tertiary/aromatic N) is 1. The van der Waals surface area contributed by atoms with E-state index >= 15 is 0 Å². The van der Waals surface area contributed by atoms with Crippen molar-refractivity contribution in [2.75, 3.05) is 5.32 Å². The molecular formula is C40H46F3N3O3. The molecule has 1 saturated carbocycles. The minimum absolute atomic E-state index is 0.0464. The van der Waals surface area contributed by atoms with Crippen LogP contribution >= 0.6 is 0 Å². The van der Waals surface area contributed by atoms with Crippen molar-refractivity contribution < 1.29 is 27.4 Å². The fourth-order valence-corrected chi connectivity index (χ4v) is 6.15. The Kier molecular flexibility index (Phi) is 12.5. The van der Waals surface area contributed by atoms with Gasteiger partial charge in [0.2, 0.25) is 11.6 Å². The molecule has 0 bridgehead atoms. The Hall–Kier alpha value is -4.66. The molecule has 3 atom stereocenters. The van der Waals surface area contributed by atoms with E-state index in [4.69, 9.17) is 14.2 Å². The number of allylic oxidation sites excluding steroid dienone is 4. The van der Waals surface area contributed by atoms with Crippen LogP contribution in [0, 0.1) is 23.4 Å². The first kappa shape index (κ1) is 35.6. The molecule has 0 saturated heterocycles. The zero-order valence-corrected chi connectivity index (χ0v) is 28.5. The number of ether oxygens (including phenoxy) is 3. The number of hydrogen-bond donors (Lipinski definition) is 2. The maximum Gasteiger partial charge on any atom is 0.221 e. The Morgan fingerprint density at radius 2 is 1.78 bits per heavy atom. The number of aromatic nitrogens is 1. The maximum absolute atomic E-state index is 14.7. The Bertz CT molecular complexity index is 1680. The maximum atomic E-state index is 14.7. The lowest BCUT2D eigenvalue weighted by Crippen LogP contribution is -2.23. The highest BCUT2D eigenvalue weighted by Gasteiger charge is 2.23. The van der Waals surface area contributed by atoms with Crippen molar-refractivity contribution in [1.29, 1.82) is 0 Å². The molecule has 5 rings (SSSR count). The fourth-order valence-electron chi connectivity index (χ4n) is 6.15. The molecule has 2 N–H and O–H groups in total.